The van der Waals surface area contributed by atoms with Crippen molar-refractivity contribution in [2.45, 2.75) is 33.6 Å². The molecule has 0 radical (unpaired) electrons. The number of rotatable bonds is 5. The van der Waals surface area contributed by atoms with Gasteiger partial charge in [0.15, 0.2) is 0 Å². The molecule has 7 heteroatoms. The molecule has 1 saturated heterocycles. The van der Waals surface area contributed by atoms with Crippen molar-refractivity contribution in [1.29, 1.82) is 5.26 Å². The van der Waals surface area contributed by atoms with Crippen LogP contribution < -0.4 is 5.32 Å². The van der Waals surface area contributed by atoms with E-state index in [9.17, 15) is 14.9 Å². The monoisotopic (exact) mass is 384 g/mol. The minimum atomic E-state index is -0.425. The van der Waals surface area contributed by atoms with Gasteiger partial charge in [-0.05, 0) is 30.9 Å². The number of para-hydroxylation sites is 1. The molecule has 2 rings (SSSR count). The van der Waals surface area contributed by atoms with E-state index >= 15 is 0 Å². The van der Waals surface area contributed by atoms with Gasteiger partial charge in [-0.25, -0.2) is 4.79 Å². The number of hydrogen-bond donors (Lipinski definition) is 1. The smallest absolute Gasteiger partial charge is 0.409 e. The molecule has 0 unspecified atom stereocenters. The largest absolute Gasteiger partial charge is 0.450 e. The lowest BCUT2D eigenvalue weighted by molar-refractivity contribution is -0.112. The second-order valence-corrected chi connectivity index (χ2v) is 7.02. The van der Waals surface area contributed by atoms with Crippen molar-refractivity contribution < 1.29 is 14.3 Å². The summed E-state index contributed by atoms with van der Waals surface area (Å²) >= 11 is 0. The second kappa shape index (κ2) is 9.79. The first-order chi connectivity index (χ1) is 13.4. The van der Waals surface area contributed by atoms with Crippen LogP contribution in [0.15, 0.2) is 30.0 Å². The van der Waals surface area contributed by atoms with Gasteiger partial charge in [0.25, 0.3) is 5.91 Å². The predicted octanol–water partition coefficient (Wildman–Crippen LogP) is 3.24. The molecule has 0 spiro atoms. The lowest BCUT2D eigenvalue weighted by Crippen LogP contribution is -2.47. The lowest BCUT2D eigenvalue weighted by atomic mass is 9.98. The van der Waals surface area contributed by atoms with Crippen molar-refractivity contribution in [3.05, 3.63) is 41.1 Å². The number of aryl methyl sites for hydroxylation is 1. The molecule has 1 N–H and O–H groups in total. The Morgan fingerprint density at radius 2 is 1.96 bits per heavy atom. The molecular weight excluding hydrogens is 356 g/mol. The summed E-state index contributed by atoms with van der Waals surface area (Å²) in [6.07, 6.45) is 1.25. The Bertz CT molecular complexity index is 787. The van der Waals surface area contributed by atoms with Gasteiger partial charge in [-0.2, -0.15) is 5.26 Å². The van der Waals surface area contributed by atoms with Gasteiger partial charge < -0.3 is 19.9 Å². The number of piperazine rings is 1. The van der Waals surface area contributed by atoms with Crippen LogP contribution in [0.3, 0.4) is 0 Å². The van der Waals surface area contributed by atoms with Gasteiger partial charge >= 0.3 is 6.09 Å². The number of carbonyl (C=O) groups excluding carboxylic acids is 2. The Morgan fingerprint density at radius 1 is 1.29 bits per heavy atom. The molecule has 1 aromatic rings. The zero-order valence-corrected chi connectivity index (χ0v) is 17.0. The van der Waals surface area contributed by atoms with E-state index in [1.54, 1.807) is 18.0 Å². The highest BCUT2D eigenvalue weighted by Crippen LogP contribution is 2.27. The number of nitriles is 1. The highest BCUT2D eigenvalue weighted by atomic mass is 16.6. The summed E-state index contributed by atoms with van der Waals surface area (Å²) in [5.74, 6) is -0.174. The number of nitrogens with zero attached hydrogens (tertiary/aromatic N) is 3. The molecule has 1 heterocycles. The maximum Gasteiger partial charge on any atom is 0.409 e. The average Bonchev–Trinajstić information content (AvgIpc) is 2.68. The number of anilines is 1. The topological polar surface area (TPSA) is 85.7 Å². The van der Waals surface area contributed by atoms with Crippen LogP contribution in [0, 0.1) is 18.3 Å². The molecule has 2 amide bonds. The third-order valence-corrected chi connectivity index (χ3v) is 4.68. The van der Waals surface area contributed by atoms with Crippen LogP contribution in [0.1, 0.15) is 37.8 Å². The van der Waals surface area contributed by atoms with E-state index in [2.05, 4.69) is 19.2 Å². The van der Waals surface area contributed by atoms with E-state index in [0.717, 1.165) is 16.8 Å². The van der Waals surface area contributed by atoms with E-state index < -0.39 is 5.91 Å². The number of carbonyl (C=O) groups is 2. The Balaban J connectivity index is 2.07. The third-order valence-electron chi connectivity index (χ3n) is 4.68. The summed E-state index contributed by atoms with van der Waals surface area (Å²) in [4.78, 5) is 28.0. The zero-order chi connectivity index (χ0) is 20.7. The van der Waals surface area contributed by atoms with Gasteiger partial charge in [-0.3, -0.25) is 4.79 Å². The third kappa shape index (κ3) is 5.26. The predicted molar refractivity (Wildman–Crippen MR) is 108 cm³/mol. The summed E-state index contributed by atoms with van der Waals surface area (Å²) in [5, 5.41) is 12.4. The molecule has 0 aliphatic carbocycles. The van der Waals surface area contributed by atoms with Crippen LogP contribution in [0.25, 0.3) is 0 Å². The molecule has 1 aliphatic rings. The summed E-state index contributed by atoms with van der Waals surface area (Å²) in [6, 6.07) is 7.88. The van der Waals surface area contributed by atoms with Gasteiger partial charge in [0.2, 0.25) is 0 Å². The molecule has 150 valence electrons. The number of nitrogens with one attached hydrogen (secondary N) is 1. The molecule has 0 saturated carbocycles. The molecular formula is C21H28N4O3. The van der Waals surface area contributed by atoms with Crippen molar-refractivity contribution >= 4 is 17.7 Å². The van der Waals surface area contributed by atoms with Crippen LogP contribution in [-0.4, -0.2) is 54.6 Å². The first-order valence-corrected chi connectivity index (χ1v) is 9.55. The second-order valence-electron chi connectivity index (χ2n) is 7.02. The number of benzene rings is 1. The molecule has 1 aromatic carbocycles. The Hall–Kier alpha value is -3.01. The molecule has 1 aliphatic heterocycles. The average molecular weight is 384 g/mol. The van der Waals surface area contributed by atoms with Crippen molar-refractivity contribution in [2.24, 2.45) is 0 Å². The summed E-state index contributed by atoms with van der Waals surface area (Å²) in [7, 11) is 0. The first-order valence-electron chi connectivity index (χ1n) is 9.55. The van der Waals surface area contributed by atoms with Crippen LogP contribution >= 0.6 is 0 Å². The fourth-order valence-corrected chi connectivity index (χ4v) is 3.09. The van der Waals surface area contributed by atoms with Gasteiger partial charge in [-0.15, -0.1) is 0 Å². The normalized spacial score (nSPS) is 14.6. The van der Waals surface area contributed by atoms with Gasteiger partial charge in [0.1, 0.15) is 11.6 Å². The van der Waals surface area contributed by atoms with Crippen molar-refractivity contribution in [2.75, 3.05) is 38.1 Å². The SMILES string of the molecule is CCOC(=O)N1CCN(/C=C(/C#N)C(=O)Nc2c(C)cccc2C(C)C)CC1. The maximum absolute atomic E-state index is 12.7. The molecule has 0 atom stereocenters. The highest BCUT2D eigenvalue weighted by Gasteiger charge is 2.22. The zero-order valence-electron chi connectivity index (χ0n) is 17.0. The molecule has 28 heavy (non-hydrogen) atoms. The highest BCUT2D eigenvalue weighted by molar-refractivity contribution is 6.07. The van der Waals surface area contributed by atoms with Crippen molar-refractivity contribution in [1.82, 2.24) is 9.80 Å². The Morgan fingerprint density at radius 3 is 2.54 bits per heavy atom. The number of amides is 2. The lowest BCUT2D eigenvalue weighted by Gasteiger charge is -2.33. The van der Waals surface area contributed by atoms with Crippen LogP contribution in [-0.2, 0) is 9.53 Å². The van der Waals surface area contributed by atoms with Crippen molar-refractivity contribution in [3.63, 3.8) is 0 Å². The number of ether oxygens (including phenoxy) is 1. The first kappa shape index (κ1) is 21.3. The Kier molecular flexibility index (Phi) is 7.44. The van der Waals surface area contributed by atoms with E-state index in [4.69, 9.17) is 4.74 Å². The minimum Gasteiger partial charge on any atom is -0.450 e. The quantitative estimate of drug-likeness (QED) is 0.622. The molecule has 0 bridgehead atoms. The standard InChI is InChI=1S/C21H28N4O3/c1-5-28-21(27)25-11-9-24(10-12-25)14-17(13-22)20(26)23-19-16(4)7-6-8-18(19)15(2)3/h6-8,14-15H,5,9-12H2,1-4H3,(H,23,26)/b17-14-. The number of hydrogen-bond acceptors (Lipinski definition) is 5. The van der Waals surface area contributed by atoms with E-state index in [-0.39, 0.29) is 17.6 Å². The Labute approximate surface area is 166 Å². The summed E-state index contributed by atoms with van der Waals surface area (Å²) in [6.45, 7) is 10.2. The van der Waals surface area contributed by atoms with Gasteiger partial charge in [0, 0.05) is 38.1 Å². The molecule has 0 aromatic heterocycles. The minimum absolute atomic E-state index is 0.0440. The van der Waals surface area contributed by atoms with Crippen LogP contribution in [0.2, 0.25) is 0 Å². The van der Waals surface area contributed by atoms with Crippen LogP contribution in [0.4, 0.5) is 10.5 Å². The van der Waals surface area contributed by atoms with Gasteiger partial charge in [0.05, 0.1) is 6.61 Å². The van der Waals surface area contributed by atoms with Crippen LogP contribution in [0.5, 0.6) is 0 Å². The maximum atomic E-state index is 12.7. The summed E-state index contributed by atoms with van der Waals surface area (Å²) < 4.78 is 5.00. The molecule has 1 fully saturated rings. The van der Waals surface area contributed by atoms with E-state index in [0.29, 0.717) is 32.8 Å². The van der Waals surface area contributed by atoms with Crippen molar-refractivity contribution in [3.8, 4) is 6.07 Å². The summed E-state index contributed by atoms with van der Waals surface area (Å²) in [5.41, 5.74) is 2.80. The fourth-order valence-electron chi connectivity index (χ4n) is 3.09. The van der Waals surface area contributed by atoms with E-state index in [1.807, 2.05) is 36.1 Å². The van der Waals surface area contributed by atoms with Gasteiger partial charge in [-0.1, -0.05) is 32.0 Å². The fraction of sp³-hybridized carbons (Fsp3) is 0.476. The van der Waals surface area contributed by atoms with E-state index in [1.165, 1.54) is 0 Å². The molecule has 7 nitrogen and oxygen atoms in total.